The molecular formula is C22H29F3N6O. The van der Waals surface area contributed by atoms with Gasteiger partial charge in [-0.1, -0.05) is 13.8 Å². The van der Waals surface area contributed by atoms with E-state index in [4.69, 9.17) is 4.98 Å². The first-order chi connectivity index (χ1) is 15.2. The molecule has 1 fully saturated rings. The molecule has 0 aliphatic heterocycles. The molecule has 0 aromatic carbocycles. The van der Waals surface area contributed by atoms with E-state index in [0.717, 1.165) is 40.7 Å². The Morgan fingerprint density at radius 3 is 2.72 bits per heavy atom. The van der Waals surface area contributed by atoms with Gasteiger partial charge in [0, 0.05) is 42.6 Å². The summed E-state index contributed by atoms with van der Waals surface area (Å²) in [4.78, 5) is 24.4. The van der Waals surface area contributed by atoms with E-state index in [1.54, 1.807) is 6.20 Å². The maximum absolute atomic E-state index is 12.6. The lowest BCUT2D eigenvalue weighted by atomic mass is 9.90. The Labute approximate surface area is 184 Å². The Morgan fingerprint density at radius 1 is 1.28 bits per heavy atom. The minimum Gasteiger partial charge on any atom is -0.355 e. The molecule has 32 heavy (non-hydrogen) atoms. The zero-order chi connectivity index (χ0) is 22.9. The maximum Gasteiger partial charge on any atom is 0.401 e. The van der Waals surface area contributed by atoms with Gasteiger partial charge in [0.15, 0.2) is 0 Å². The van der Waals surface area contributed by atoms with E-state index >= 15 is 0 Å². The number of imidazole rings is 1. The van der Waals surface area contributed by atoms with Crippen LogP contribution in [0.1, 0.15) is 51.4 Å². The maximum atomic E-state index is 12.6. The number of carbonyl (C=O) groups is 1. The number of fused-ring (bicyclic) bond motifs is 3. The summed E-state index contributed by atoms with van der Waals surface area (Å²) in [6.45, 7) is 3.23. The Hall–Kier alpha value is -2.62. The molecule has 0 bridgehead atoms. The highest BCUT2D eigenvalue weighted by atomic mass is 19.4. The molecule has 0 spiro atoms. The second kappa shape index (κ2) is 9.09. The van der Waals surface area contributed by atoms with Crippen LogP contribution in [0.5, 0.6) is 0 Å². The molecule has 1 saturated carbocycles. The average Bonchev–Trinajstić information content (AvgIpc) is 3.36. The average molecular weight is 451 g/mol. The quantitative estimate of drug-likeness (QED) is 0.510. The Bertz CT molecular complexity index is 1080. The minimum absolute atomic E-state index is 0.00130. The number of pyridine rings is 1. The van der Waals surface area contributed by atoms with Gasteiger partial charge in [-0.3, -0.25) is 4.79 Å². The number of aromatic amines is 1. The Kier molecular flexibility index (Phi) is 6.41. The van der Waals surface area contributed by atoms with Crippen molar-refractivity contribution < 1.29 is 18.0 Å². The number of aromatic nitrogens is 4. The minimum atomic E-state index is -4.20. The standard InChI is InChI=1S/C22H29F3N6O/c1-13(2)21(32)27-10-8-18-30-17-11-28-20-16(7-9-26-20)19(17)31(18)15-5-3-14(4-6-15)29-12-22(23,24)25/h7,9,11,13-15,29H,3-6,8,10,12H2,1-2H3,(H,26,28)(H,27,32). The summed E-state index contributed by atoms with van der Waals surface area (Å²) in [6.07, 6.45) is 2.84. The van der Waals surface area contributed by atoms with E-state index in [0.29, 0.717) is 25.8 Å². The Balaban J connectivity index is 1.57. The summed E-state index contributed by atoms with van der Waals surface area (Å²) in [5.74, 6) is 0.779. The lowest BCUT2D eigenvalue weighted by molar-refractivity contribution is -0.126. The molecule has 0 saturated heterocycles. The van der Waals surface area contributed by atoms with Crippen LogP contribution in [0.25, 0.3) is 22.1 Å². The van der Waals surface area contributed by atoms with Crippen molar-refractivity contribution in [1.29, 1.82) is 0 Å². The molecule has 174 valence electrons. The van der Waals surface area contributed by atoms with Crippen LogP contribution in [0.2, 0.25) is 0 Å². The van der Waals surface area contributed by atoms with Crippen molar-refractivity contribution in [2.24, 2.45) is 5.92 Å². The van der Waals surface area contributed by atoms with Crippen molar-refractivity contribution in [3.8, 4) is 0 Å². The third-order valence-electron chi connectivity index (χ3n) is 6.13. The van der Waals surface area contributed by atoms with Gasteiger partial charge in [-0.05, 0) is 31.7 Å². The number of nitrogens with one attached hydrogen (secondary N) is 3. The number of hydrogen-bond acceptors (Lipinski definition) is 4. The molecule has 4 rings (SSSR count). The van der Waals surface area contributed by atoms with Crippen LogP contribution < -0.4 is 10.6 Å². The molecule has 3 aromatic heterocycles. The number of H-pyrrole nitrogens is 1. The monoisotopic (exact) mass is 450 g/mol. The van der Waals surface area contributed by atoms with Crippen molar-refractivity contribution in [2.75, 3.05) is 13.1 Å². The number of rotatable bonds is 7. The second-order valence-electron chi connectivity index (χ2n) is 8.83. The van der Waals surface area contributed by atoms with Crippen LogP contribution in [0.15, 0.2) is 18.5 Å². The summed E-state index contributed by atoms with van der Waals surface area (Å²) in [7, 11) is 0. The van der Waals surface area contributed by atoms with Crippen LogP contribution in [0.4, 0.5) is 13.2 Å². The van der Waals surface area contributed by atoms with Gasteiger partial charge in [-0.25, -0.2) is 9.97 Å². The van der Waals surface area contributed by atoms with Gasteiger partial charge in [-0.2, -0.15) is 13.2 Å². The summed E-state index contributed by atoms with van der Waals surface area (Å²) < 4.78 is 39.9. The number of nitrogens with zero attached hydrogens (tertiary/aromatic N) is 3. The molecule has 10 heteroatoms. The van der Waals surface area contributed by atoms with E-state index < -0.39 is 12.7 Å². The lowest BCUT2D eigenvalue weighted by Gasteiger charge is -2.31. The lowest BCUT2D eigenvalue weighted by Crippen LogP contribution is -2.39. The van der Waals surface area contributed by atoms with Gasteiger partial charge >= 0.3 is 6.18 Å². The molecule has 1 amide bonds. The predicted molar refractivity (Wildman–Crippen MR) is 116 cm³/mol. The van der Waals surface area contributed by atoms with Gasteiger partial charge in [0.1, 0.15) is 17.0 Å². The van der Waals surface area contributed by atoms with Crippen LogP contribution in [-0.4, -0.2) is 50.7 Å². The van der Waals surface area contributed by atoms with Crippen molar-refractivity contribution in [3.63, 3.8) is 0 Å². The van der Waals surface area contributed by atoms with Crippen LogP contribution >= 0.6 is 0 Å². The zero-order valence-corrected chi connectivity index (χ0v) is 18.3. The third kappa shape index (κ3) is 4.90. The van der Waals surface area contributed by atoms with E-state index in [1.807, 2.05) is 26.1 Å². The van der Waals surface area contributed by atoms with Gasteiger partial charge in [0.2, 0.25) is 5.91 Å². The fourth-order valence-corrected chi connectivity index (χ4v) is 4.51. The topological polar surface area (TPSA) is 87.6 Å². The molecule has 3 heterocycles. The largest absolute Gasteiger partial charge is 0.401 e. The number of alkyl halides is 3. The first-order valence-electron chi connectivity index (χ1n) is 11.1. The van der Waals surface area contributed by atoms with E-state index in [9.17, 15) is 18.0 Å². The van der Waals surface area contributed by atoms with Crippen molar-refractivity contribution in [3.05, 3.63) is 24.3 Å². The van der Waals surface area contributed by atoms with Crippen molar-refractivity contribution in [2.45, 2.75) is 64.2 Å². The molecule has 1 aliphatic carbocycles. The highest BCUT2D eigenvalue weighted by Crippen LogP contribution is 2.35. The Morgan fingerprint density at radius 2 is 2.03 bits per heavy atom. The molecule has 0 unspecified atom stereocenters. The number of carbonyl (C=O) groups excluding carboxylic acids is 1. The summed E-state index contributed by atoms with van der Waals surface area (Å²) >= 11 is 0. The van der Waals surface area contributed by atoms with E-state index in [2.05, 4.69) is 25.2 Å². The predicted octanol–water partition coefficient (Wildman–Crippen LogP) is 3.86. The normalized spacial score (nSPS) is 19.8. The number of halogens is 3. The summed E-state index contributed by atoms with van der Waals surface area (Å²) in [6, 6.07) is 1.98. The second-order valence-corrected chi connectivity index (χ2v) is 8.83. The summed E-state index contributed by atoms with van der Waals surface area (Å²) in [5, 5.41) is 6.57. The van der Waals surface area contributed by atoms with Crippen molar-refractivity contribution in [1.82, 2.24) is 30.2 Å². The third-order valence-corrected chi connectivity index (χ3v) is 6.13. The fourth-order valence-electron chi connectivity index (χ4n) is 4.51. The molecule has 3 N–H and O–H groups in total. The zero-order valence-electron chi connectivity index (χ0n) is 18.3. The van der Waals surface area contributed by atoms with Crippen LogP contribution in [0.3, 0.4) is 0 Å². The highest BCUT2D eigenvalue weighted by molar-refractivity contribution is 6.01. The van der Waals surface area contributed by atoms with Gasteiger partial charge in [-0.15, -0.1) is 0 Å². The first-order valence-corrected chi connectivity index (χ1v) is 11.1. The molecule has 7 nitrogen and oxygen atoms in total. The smallest absolute Gasteiger partial charge is 0.355 e. The molecule has 3 aromatic rings. The van der Waals surface area contributed by atoms with Crippen LogP contribution in [-0.2, 0) is 11.2 Å². The SMILES string of the molecule is CC(C)C(=O)NCCc1nc2cnc3[nH]ccc3c2n1C1CCC(NCC(F)(F)F)CC1. The number of hydrogen-bond donors (Lipinski definition) is 3. The number of amides is 1. The van der Waals surface area contributed by atoms with Gasteiger partial charge < -0.3 is 20.2 Å². The van der Waals surface area contributed by atoms with E-state index in [1.165, 1.54) is 0 Å². The molecular weight excluding hydrogens is 421 g/mol. The van der Waals surface area contributed by atoms with Gasteiger partial charge in [0.25, 0.3) is 0 Å². The fraction of sp³-hybridized carbons (Fsp3) is 0.591. The van der Waals surface area contributed by atoms with Crippen LogP contribution in [0, 0.1) is 5.92 Å². The highest BCUT2D eigenvalue weighted by Gasteiger charge is 2.31. The van der Waals surface area contributed by atoms with E-state index in [-0.39, 0.29) is 23.9 Å². The molecule has 1 aliphatic rings. The molecule has 0 atom stereocenters. The van der Waals surface area contributed by atoms with Crippen molar-refractivity contribution >= 4 is 28.0 Å². The van der Waals surface area contributed by atoms with Gasteiger partial charge in [0.05, 0.1) is 18.3 Å². The first kappa shape index (κ1) is 22.6. The summed E-state index contributed by atoms with van der Waals surface area (Å²) in [5.41, 5.74) is 2.56. The molecule has 0 radical (unpaired) electrons.